The molecule has 3 nitrogen and oxygen atoms in total. The quantitative estimate of drug-likeness (QED) is 0.908. The fourth-order valence-electron chi connectivity index (χ4n) is 2.89. The molecular weight excluding hydrogens is 267 g/mol. The average Bonchev–Trinajstić information content (AvgIpc) is 2.45. The molecule has 0 spiro atoms. The first-order valence-corrected chi connectivity index (χ1v) is 7.68. The minimum Gasteiger partial charge on any atom is -0.337 e. The van der Waals surface area contributed by atoms with Crippen LogP contribution in [-0.4, -0.2) is 30.6 Å². The fourth-order valence-corrected chi connectivity index (χ4v) is 2.89. The summed E-state index contributed by atoms with van der Waals surface area (Å²) in [5.74, 6) is 0.340. The van der Waals surface area contributed by atoms with Gasteiger partial charge in [-0.05, 0) is 30.4 Å². The van der Waals surface area contributed by atoms with Crippen molar-refractivity contribution in [3.63, 3.8) is 0 Å². The summed E-state index contributed by atoms with van der Waals surface area (Å²) < 4.78 is 13.9. The molecule has 0 saturated carbocycles. The third-order valence-corrected chi connectivity index (χ3v) is 4.23. The second kappa shape index (κ2) is 6.46. The predicted octanol–water partition coefficient (Wildman–Crippen LogP) is 3.54. The van der Waals surface area contributed by atoms with Gasteiger partial charge in [0.2, 0.25) is 0 Å². The van der Waals surface area contributed by atoms with Crippen LogP contribution in [0.3, 0.4) is 0 Å². The number of nitrogens with zero attached hydrogens (tertiary/aromatic N) is 1. The zero-order valence-electron chi connectivity index (χ0n) is 13.2. The van der Waals surface area contributed by atoms with E-state index in [1.54, 1.807) is 12.1 Å². The highest BCUT2D eigenvalue weighted by atomic mass is 19.1. The molecule has 1 heterocycles. The molecule has 1 aliphatic rings. The van der Waals surface area contributed by atoms with E-state index in [-0.39, 0.29) is 11.8 Å². The van der Waals surface area contributed by atoms with Crippen molar-refractivity contribution in [3.8, 4) is 0 Å². The van der Waals surface area contributed by atoms with Gasteiger partial charge < -0.3 is 10.2 Å². The summed E-state index contributed by atoms with van der Waals surface area (Å²) in [5.41, 5.74) is 0.208. The lowest BCUT2D eigenvalue weighted by Crippen LogP contribution is -2.48. The Morgan fingerprint density at radius 3 is 2.81 bits per heavy atom. The molecule has 0 bridgehead atoms. The zero-order valence-corrected chi connectivity index (χ0v) is 13.2. The van der Waals surface area contributed by atoms with Gasteiger partial charge in [-0.3, -0.25) is 0 Å². The first-order chi connectivity index (χ1) is 9.90. The van der Waals surface area contributed by atoms with Gasteiger partial charge >= 0.3 is 6.03 Å². The Balaban J connectivity index is 1.95. The van der Waals surface area contributed by atoms with Crippen molar-refractivity contribution in [2.45, 2.75) is 39.0 Å². The Labute approximate surface area is 126 Å². The van der Waals surface area contributed by atoms with E-state index >= 15 is 0 Å². The molecule has 0 aromatic heterocycles. The van der Waals surface area contributed by atoms with Crippen molar-refractivity contribution < 1.29 is 9.18 Å². The van der Waals surface area contributed by atoms with Crippen LogP contribution in [0.15, 0.2) is 24.3 Å². The molecule has 2 rings (SSSR count). The minimum atomic E-state index is -0.428. The number of hydrogen-bond acceptors (Lipinski definition) is 1. The van der Waals surface area contributed by atoms with Gasteiger partial charge in [0.1, 0.15) is 5.82 Å². The van der Waals surface area contributed by atoms with E-state index < -0.39 is 5.41 Å². The van der Waals surface area contributed by atoms with Gasteiger partial charge in [-0.1, -0.05) is 39.0 Å². The SMILES string of the molecule is CC1CCCN(C(=O)NCC(C)(C)c2ccccc2F)C1. The monoisotopic (exact) mass is 292 g/mol. The third kappa shape index (κ3) is 3.96. The smallest absolute Gasteiger partial charge is 0.317 e. The molecule has 1 N–H and O–H groups in total. The number of piperidine rings is 1. The van der Waals surface area contributed by atoms with E-state index in [9.17, 15) is 9.18 Å². The van der Waals surface area contributed by atoms with Gasteiger partial charge in [0.15, 0.2) is 0 Å². The number of hydrogen-bond donors (Lipinski definition) is 1. The van der Waals surface area contributed by atoms with Crippen LogP contribution >= 0.6 is 0 Å². The summed E-state index contributed by atoms with van der Waals surface area (Å²) in [4.78, 5) is 14.1. The first-order valence-electron chi connectivity index (χ1n) is 7.68. The number of rotatable bonds is 3. The van der Waals surface area contributed by atoms with Crippen molar-refractivity contribution >= 4 is 6.03 Å². The molecule has 2 amide bonds. The lowest BCUT2D eigenvalue weighted by Gasteiger charge is -2.33. The van der Waals surface area contributed by atoms with Crippen LogP contribution in [0.5, 0.6) is 0 Å². The van der Waals surface area contributed by atoms with E-state index in [1.165, 1.54) is 12.5 Å². The number of urea groups is 1. The summed E-state index contributed by atoms with van der Waals surface area (Å²) in [6.07, 6.45) is 2.25. The molecule has 1 unspecified atom stereocenters. The standard InChI is InChI=1S/C17H25FN2O/c1-13-7-6-10-20(11-13)16(21)19-12-17(2,3)14-8-4-5-9-15(14)18/h4-5,8-9,13H,6-7,10-12H2,1-3H3,(H,19,21). The summed E-state index contributed by atoms with van der Waals surface area (Å²) in [6, 6.07) is 6.72. The van der Waals surface area contributed by atoms with E-state index in [0.29, 0.717) is 18.0 Å². The highest BCUT2D eigenvalue weighted by molar-refractivity contribution is 5.74. The number of nitrogens with one attached hydrogen (secondary N) is 1. The van der Waals surface area contributed by atoms with Crippen molar-refractivity contribution in [2.75, 3.05) is 19.6 Å². The van der Waals surface area contributed by atoms with Crippen LogP contribution < -0.4 is 5.32 Å². The van der Waals surface area contributed by atoms with Crippen LogP contribution in [-0.2, 0) is 5.41 Å². The lowest BCUT2D eigenvalue weighted by molar-refractivity contribution is 0.168. The Kier molecular flexibility index (Phi) is 4.86. The molecule has 1 aromatic rings. The van der Waals surface area contributed by atoms with Crippen LogP contribution in [0.4, 0.5) is 9.18 Å². The van der Waals surface area contributed by atoms with Crippen LogP contribution in [0.1, 0.15) is 39.2 Å². The lowest BCUT2D eigenvalue weighted by atomic mass is 9.84. The molecule has 4 heteroatoms. The average molecular weight is 292 g/mol. The van der Waals surface area contributed by atoms with Crippen molar-refractivity contribution in [3.05, 3.63) is 35.6 Å². The normalized spacial score (nSPS) is 19.4. The maximum absolute atomic E-state index is 13.9. The molecule has 116 valence electrons. The highest BCUT2D eigenvalue weighted by Crippen LogP contribution is 2.25. The van der Waals surface area contributed by atoms with E-state index in [1.807, 2.05) is 24.8 Å². The highest BCUT2D eigenvalue weighted by Gasteiger charge is 2.26. The molecule has 1 atom stereocenters. The molecule has 0 radical (unpaired) electrons. The minimum absolute atomic E-state index is 0.0361. The molecule has 1 aromatic carbocycles. The van der Waals surface area contributed by atoms with E-state index in [4.69, 9.17) is 0 Å². The summed E-state index contributed by atoms with van der Waals surface area (Å²) in [6.45, 7) is 8.12. The van der Waals surface area contributed by atoms with Gasteiger partial charge in [0, 0.05) is 25.0 Å². The number of carbonyl (C=O) groups is 1. The van der Waals surface area contributed by atoms with Crippen LogP contribution in [0.2, 0.25) is 0 Å². The maximum Gasteiger partial charge on any atom is 0.317 e. The predicted molar refractivity (Wildman–Crippen MR) is 82.8 cm³/mol. The summed E-state index contributed by atoms with van der Waals surface area (Å²) in [5, 5.41) is 2.96. The van der Waals surface area contributed by atoms with Gasteiger partial charge in [0.25, 0.3) is 0 Å². The molecule has 1 saturated heterocycles. The largest absolute Gasteiger partial charge is 0.337 e. The number of carbonyl (C=O) groups excluding carboxylic acids is 1. The van der Waals surface area contributed by atoms with Crippen LogP contribution in [0, 0.1) is 11.7 Å². The van der Waals surface area contributed by atoms with Crippen molar-refractivity contribution in [1.29, 1.82) is 0 Å². The van der Waals surface area contributed by atoms with Gasteiger partial charge in [-0.15, -0.1) is 0 Å². The van der Waals surface area contributed by atoms with E-state index in [0.717, 1.165) is 19.5 Å². The molecule has 1 fully saturated rings. The van der Waals surface area contributed by atoms with Crippen molar-refractivity contribution in [2.24, 2.45) is 5.92 Å². The Bertz CT molecular complexity index is 501. The molecule has 21 heavy (non-hydrogen) atoms. The molecule has 0 aliphatic carbocycles. The summed E-state index contributed by atoms with van der Waals surface area (Å²) in [7, 11) is 0. The zero-order chi connectivity index (χ0) is 15.5. The van der Waals surface area contributed by atoms with E-state index in [2.05, 4.69) is 12.2 Å². The maximum atomic E-state index is 13.9. The number of likely N-dealkylation sites (tertiary alicyclic amines) is 1. The van der Waals surface area contributed by atoms with Crippen molar-refractivity contribution in [1.82, 2.24) is 10.2 Å². The first kappa shape index (κ1) is 15.8. The Hall–Kier alpha value is -1.58. The number of benzene rings is 1. The fraction of sp³-hybridized carbons (Fsp3) is 0.588. The Morgan fingerprint density at radius 2 is 2.14 bits per heavy atom. The molecular formula is C17H25FN2O. The number of amides is 2. The van der Waals surface area contributed by atoms with Gasteiger partial charge in [-0.2, -0.15) is 0 Å². The van der Waals surface area contributed by atoms with Gasteiger partial charge in [-0.25, -0.2) is 9.18 Å². The second-order valence-electron chi connectivity index (χ2n) is 6.72. The number of halogens is 1. The Morgan fingerprint density at radius 1 is 1.43 bits per heavy atom. The summed E-state index contributed by atoms with van der Waals surface area (Å²) >= 11 is 0. The molecule has 1 aliphatic heterocycles. The second-order valence-corrected chi connectivity index (χ2v) is 6.72. The van der Waals surface area contributed by atoms with Crippen LogP contribution in [0.25, 0.3) is 0 Å². The van der Waals surface area contributed by atoms with Gasteiger partial charge in [0.05, 0.1) is 0 Å². The topological polar surface area (TPSA) is 32.3 Å². The third-order valence-electron chi connectivity index (χ3n) is 4.23.